The summed E-state index contributed by atoms with van der Waals surface area (Å²) in [6.07, 6.45) is 2.85. The lowest BCUT2D eigenvalue weighted by molar-refractivity contribution is -0.121. The maximum Gasteiger partial charge on any atom is 0.224 e. The SMILES string of the molecule is Cc1cc(N2CCC[C@@](O)(CNC(=O)Cc3ccccc3F)C2)ncn1. The van der Waals surface area contributed by atoms with Crippen molar-refractivity contribution in [1.82, 2.24) is 15.3 Å². The van der Waals surface area contributed by atoms with Crippen LogP contribution in [0.4, 0.5) is 10.2 Å². The summed E-state index contributed by atoms with van der Waals surface area (Å²) in [5.74, 6) is 0.0659. The molecule has 138 valence electrons. The number of aromatic nitrogens is 2. The van der Waals surface area contributed by atoms with Gasteiger partial charge < -0.3 is 15.3 Å². The first kappa shape index (κ1) is 18.3. The predicted octanol–water partition coefficient (Wildman–Crippen LogP) is 1.61. The van der Waals surface area contributed by atoms with Crippen LogP contribution in [-0.4, -0.2) is 46.2 Å². The van der Waals surface area contributed by atoms with Gasteiger partial charge >= 0.3 is 0 Å². The van der Waals surface area contributed by atoms with E-state index in [-0.39, 0.29) is 18.9 Å². The second-order valence-electron chi connectivity index (χ2n) is 6.81. The average molecular weight is 358 g/mol. The Kier molecular flexibility index (Phi) is 5.46. The highest BCUT2D eigenvalue weighted by molar-refractivity contribution is 5.78. The smallest absolute Gasteiger partial charge is 0.224 e. The van der Waals surface area contributed by atoms with Crippen LogP contribution < -0.4 is 10.2 Å². The number of β-amino-alcohol motifs (C(OH)–C–C–N with tert-alkyl or cyclic N) is 1. The summed E-state index contributed by atoms with van der Waals surface area (Å²) in [6, 6.07) is 8.08. The quantitative estimate of drug-likeness (QED) is 0.849. The Morgan fingerprint density at radius 3 is 2.96 bits per heavy atom. The highest BCUT2D eigenvalue weighted by Crippen LogP contribution is 2.24. The van der Waals surface area contributed by atoms with Gasteiger partial charge in [-0.25, -0.2) is 14.4 Å². The summed E-state index contributed by atoms with van der Waals surface area (Å²) < 4.78 is 13.6. The second kappa shape index (κ2) is 7.78. The number of piperidine rings is 1. The fourth-order valence-corrected chi connectivity index (χ4v) is 3.21. The Hall–Kier alpha value is -2.54. The molecule has 2 heterocycles. The third kappa shape index (κ3) is 4.54. The molecule has 1 aromatic carbocycles. The van der Waals surface area contributed by atoms with Crippen molar-refractivity contribution in [3.05, 3.63) is 53.7 Å². The Morgan fingerprint density at radius 2 is 2.19 bits per heavy atom. The first-order valence-electron chi connectivity index (χ1n) is 8.71. The predicted molar refractivity (Wildman–Crippen MR) is 96.3 cm³/mol. The molecule has 0 spiro atoms. The van der Waals surface area contributed by atoms with Gasteiger partial charge in [0.05, 0.1) is 12.0 Å². The van der Waals surface area contributed by atoms with E-state index in [0.717, 1.165) is 24.5 Å². The van der Waals surface area contributed by atoms with Gasteiger partial charge in [-0.15, -0.1) is 0 Å². The number of anilines is 1. The first-order valence-corrected chi connectivity index (χ1v) is 8.71. The van der Waals surface area contributed by atoms with Gasteiger partial charge in [0.15, 0.2) is 0 Å². The summed E-state index contributed by atoms with van der Waals surface area (Å²) in [4.78, 5) is 22.5. The molecule has 26 heavy (non-hydrogen) atoms. The van der Waals surface area contributed by atoms with E-state index in [0.29, 0.717) is 18.5 Å². The van der Waals surface area contributed by atoms with Crippen molar-refractivity contribution in [3.63, 3.8) is 0 Å². The molecule has 1 saturated heterocycles. The van der Waals surface area contributed by atoms with Crippen LogP contribution in [0.2, 0.25) is 0 Å². The zero-order valence-electron chi connectivity index (χ0n) is 14.8. The molecule has 0 saturated carbocycles. The molecule has 1 atom stereocenters. The Labute approximate surface area is 152 Å². The molecule has 1 aromatic heterocycles. The van der Waals surface area contributed by atoms with E-state index in [2.05, 4.69) is 15.3 Å². The molecule has 0 radical (unpaired) electrons. The fraction of sp³-hybridized carbons (Fsp3) is 0.421. The van der Waals surface area contributed by atoms with Gasteiger partial charge in [0.1, 0.15) is 18.0 Å². The van der Waals surface area contributed by atoms with Crippen molar-refractivity contribution in [1.29, 1.82) is 0 Å². The van der Waals surface area contributed by atoms with Crippen molar-refractivity contribution in [3.8, 4) is 0 Å². The van der Waals surface area contributed by atoms with E-state index in [1.165, 1.54) is 12.4 Å². The number of benzene rings is 1. The average Bonchev–Trinajstić information content (AvgIpc) is 2.62. The minimum atomic E-state index is -1.04. The van der Waals surface area contributed by atoms with Crippen molar-refractivity contribution >= 4 is 11.7 Å². The molecule has 2 aromatic rings. The molecule has 1 aliphatic rings. The van der Waals surface area contributed by atoms with Gasteiger partial charge in [-0.3, -0.25) is 4.79 Å². The summed E-state index contributed by atoms with van der Waals surface area (Å²) in [5, 5.41) is 13.6. The lowest BCUT2D eigenvalue weighted by Gasteiger charge is -2.39. The molecular formula is C19H23FN4O2. The number of amides is 1. The van der Waals surface area contributed by atoms with Crippen LogP contribution >= 0.6 is 0 Å². The monoisotopic (exact) mass is 358 g/mol. The Bertz CT molecular complexity index is 786. The highest BCUT2D eigenvalue weighted by Gasteiger charge is 2.34. The number of rotatable bonds is 5. The minimum absolute atomic E-state index is 0.0441. The number of aryl methyl sites for hydroxylation is 1. The van der Waals surface area contributed by atoms with Crippen LogP contribution in [0.5, 0.6) is 0 Å². The lowest BCUT2D eigenvalue weighted by atomic mass is 9.92. The molecular weight excluding hydrogens is 335 g/mol. The van der Waals surface area contributed by atoms with Gasteiger partial charge in [-0.1, -0.05) is 18.2 Å². The fourth-order valence-electron chi connectivity index (χ4n) is 3.21. The standard InChI is InChI=1S/C19H23FN4O2/c1-14-9-17(23-13-22-14)24-8-4-7-19(26,12-24)11-21-18(25)10-15-5-2-3-6-16(15)20/h2-3,5-6,9,13,26H,4,7-8,10-12H2,1H3,(H,21,25)/t19-/m1/s1. The van der Waals surface area contributed by atoms with E-state index < -0.39 is 11.4 Å². The summed E-state index contributed by atoms with van der Waals surface area (Å²) in [6.45, 7) is 3.19. The normalized spacial score (nSPS) is 20.0. The van der Waals surface area contributed by atoms with Gasteiger partial charge in [0.25, 0.3) is 0 Å². The van der Waals surface area contributed by atoms with Crippen LogP contribution in [0, 0.1) is 12.7 Å². The van der Waals surface area contributed by atoms with Gasteiger partial charge in [0, 0.05) is 31.4 Å². The zero-order chi connectivity index (χ0) is 18.6. The maximum atomic E-state index is 13.6. The molecule has 1 fully saturated rings. The van der Waals surface area contributed by atoms with E-state index in [1.54, 1.807) is 18.2 Å². The van der Waals surface area contributed by atoms with E-state index in [9.17, 15) is 14.3 Å². The van der Waals surface area contributed by atoms with Crippen molar-refractivity contribution in [2.75, 3.05) is 24.5 Å². The largest absolute Gasteiger partial charge is 0.386 e. The van der Waals surface area contributed by atoms with E-state index in [1.807, 2.05) is 17.9 Å². The second-order valence-corrected chi connectivity index (χ2v) is 6.81. The molecule has 0 unspecified atom stereocenters. The summed E-state index contributed by atoms with van der Waals surface area (Å²) >= 11 is 0. The van der Waals surface area contributed by atoms with Crippen molar-refractivity contribution in [2.45, 2.75) is 31.8 Å². The molecule has 1 aliphatic heterocycles. The highest BCUT2D eigenvalue weighted by atomic mass is 19.1. The minimum Gasteiger partial charge on any atom is -0.386 e. The van der Waals surface area contributed by atoms with Crippen LogP contribution in [0.1, 0.15) is 24.1 Å². The molecule has 0 aliphatic carbocycles. The molecule has 0 bridgehead atoms. The van der Waals surface area contributed by atoms with Crippen molar-refractivity contribution < 1.29 is 14.3 Å². The lowest BCUT2D eigenvalue weighted by Crippen LogP contribution is -2.54. The number of aliphatic hydroxyl groups is 1. The first-order chi connectivity index (χ1) is 12.5. The van der Waals surface area contributed by atoms with Crippen molar-refractivity contribution in [2.24, 2.45) is 0 Å². The van der Waals surface area contributed by atoms with Crippen LogP contribution in [0.25, 0.3) is 0 Å². The summed E-state index contributed by atoms with van der Waals surface area (Å²) in [7, 11) is 0. The Balaban J connectivity index is 1.58. The van der Waals surface area contributed by atoms with Gasteiger partial charge in [0.2, 0.25) is 5.91 Å². The zero-order valence-corrected chi connectivity index (χ0v) is 14.8. The molecule has 6 nitrogen and oxygen atoms in total. The summed E-state index contributed by atoms with van der Waals surface area (Å²) in [5.41, 5.74) is 0.170. The number of halogens is 1. The van der Waals surface area contributed by atoms with E-state index >= 15 is 0 Å². The van der Waals surface area contributed by atoms with Gasteiger partial charge in [-0.2, -0.15) is 0 Å². The molecule has 7 heteroatoms. The van der Waals surface area contributed by atoms with Gasteiger partial charge in [-0.05, 0) is 31.4 Å². The van der Waals surface area contributed by atoms with Crippen LogP contribution in [0.15, 0.2) is 36.7 Å². The number of nitrogens with zero attached hydrogens (tertiary/aromatic N) is 3. The topological polar surface area (TPSA) is 78.4 Å². The number of nitrogens with one attached hydrogen (secondary N) is 1. The third-order valence-corrected chi connectivity index (χ3v) is 4.59. The number of carbonyl (C=O) groups excluding carboxylic acids is 1. The molecule has 3 rings (SSSR count). The van der Waals surface area contributed by atoms with Crippen LogP contribution in [0.3, 0.4) is 0 Å². The number of hydrogen-bond acceptors (Lipinski definition) is 5. The number of hydrogen-bond donors (Lipinski definition) is 2. The van der Waals surface area contributed by atoms with E-state index in [4.69, 9.17) is 0 Å². The van der Waals surface area contributed by atoms with Crippen LogP contribution in [-0.2, 0) is 11.2 Å². The molecule has 2 N–H and O–H groups in total. The Morgan fingerprint density at radius 1 is 1.38 bits per heavy atom. The third-order valence-electron chi connectivity index (χ3n) is 4.59. The number of carbonyl (C=O) groups is 1. The molecule has 1 amide bonds. The maximum absolute atomic E-state index is 13.6.